The van der Waals surface area contributed by atoms with Crippen LogP contribution in [0.3, 0.4) is 0 Å². The fraction of sp³-hybridized carbons (Fsp3) is 0.367. The van der Waals surface area contributed by atoms with Crippen LogP contribution in [0.2, 0.25) is 0 Å². The van der Waals surface area contributed by atoms with E-state index in [0.717, 1.165) is 6.20 Å². The first-order valence-corrected chi connectivity index (χ1v) is 13.1. The number of nitrogens with one attached hydrogen (secondary N) is 1. The van der Waals surface area contributed by atoms with Gasteiger partial charge in [0.25, 0.3) is 6.43 Å². The van der Waals surface area contributed by atoms with Gasteiger partial charge in [-0.3, -0.25) is 10.0 Å². The molecule has 1 atom stereocenters. The van der Waals surface area contributed by atoms with E-state index in [9.17, 15) is 28.7 Å². The molecule has 0 radical (unpaired) electrons. The third-order valence-electron chi connectivity index (χ3n) is 7.47. The first-order valence-electron chi connectivity index (χ1n) is 13.1. The molecule has 2 aliphatic rings. The van der Waals surface area contributed by atoms with Crippen molar-refractivity contribution >= 4 is 23.1 Å². The summed E-state index contributed by atoms with van der Waals surface area (Å²) in [6, 6.07) is 8.41. The number of aromatic carboxylic acids is 1. The molecule has 1 heterocycles. The Morgan fingerprint density at radius 1 is 1.15 bits per heavy atom. The van der Waals surface area contributed by atoms with Crippen LogP contribution in [0.4, 0.5) is 18.9 Å². The van der Waals surface area contributed by atoms with Crippen LogP contribution in [-0.2, 0) is 4.79 Å². The normalized spacial score (nSPS) is 21.7. The molecule has 10 heteroatoms. The molecule has 212 valence electrons. The number of allylic oxidation sites excluding steroid dienone is 6. The van der Waals surface area contributed by atoms with Gasteiger partial charge >= 0.3 is 5.97 Å². The molecule has 1 fully saturated rings. The Morgan fingerprint density at radius 3 is 2.38 bits per heavy atom. The smallest absolute Gasteiger partial charge is 0.335 e. The fourth-order valence-corrected chi connectivity index (χ4v) is 5.48. The molecule has 1 unspecified atom stereocenters. The van der Waals surface area contributed by atoms with Crippen LogP contribution in [0.25, 0.3) is 5.57 Å². The second-order valence-corrected chi connectivity index (χ2v) is 10.6. The maximum atomic E-state index is 15.4. The van der Waals surface area contributed by atoms with Crippen molar-refractivity contribution in [2.75, 3.05) is 5.32 Å². The first kappa shape index (κ1) is 29.1. The standard InChI is InChI=1S/C30H31F3N2O5/c1-3-18-5-4-6-22(27(32)33)25(26(18)31)20-9-12-24(35(40)16-20)23(13-17-14-30(2,39)15-17)28(36)34-21-10-7-19(8-11-21)29(37)38/h4-5,7-12,16-17,23,27,39H,3,6,13-15H2,1-2H3,(H2-,34,36,37,38,40)/p+1. The second kappa shape index (κ2) is 11.7. The number of carbonyl (C=O) groups excluding carboxylic acids is 1. The van der Waals surface area contributed by atoms with Crippen LogP contribution in [0.5, 0.6) is 0 Å². The van der Waals surface area contributed by atoms with Crippen molar-refractivity contribution in [3.8, 4) is 0 Å². The molecule has 0 spiro atoms. The summed E-state index contributed by atoms with van der Waals surface area (Å²) in [6.45, 7) is 3.42. The molecule has 0 bridgehead atoms. The van der Waals surface area contributed by atoms with Crippen molar-refractivity contribution in [3.05, 3.63) is 88.5 Å². The van der Waals surface area contributed by atoms with Gasteiger partial charge in [-0.2, -0.15) is 0 Å². The summed E-state index contributed by atoms with van der Waals surface area (Å²) in [4.78, 5) is 24.6. The number of carboxylic acids is 1. The number of pyridine rings is 1. The van der Waals surface area contributed by atoms with Crippen LogP contribution in [0, 0.1) is 5.92 Å². The number of carbonyl (C=O) groups is 2. The van der Waals surface area contributed by atoms with Crippen LogP contribution < -0.4 is 10.0 Å². The van der Waals surface area contributed by atoms with Crippen molar-refractivity contribution in [2.24, 2.45) is 5.92 Å². The van der Waals surface area contributed by atoms with Gasteiger partial charge in [0, 0.05) is 27.6 Å². The van der Waals surface area contributed by atoms with E-state index in [1.54, 1.807) is 13.8 Å². The molecule has 40 heavy (non-hydrogen) atoms. The number of rotatable bonds is 9. The van der Waals surface area contributed by atoms with Gasteiger partial charge in [0.15, 0.2) is 0 Å². The van der Waals surface area contributed by atoms with E-state index in [1.807, 2.05) is 0 Å². The molecular weight excluding hydrogens is 525 g/mol. The predicted octanol–water partition coefficient (Wildman–Crippen LogP) is 5.80. The highest BCUT2D eigenvalue weighted by atomic mass is 19.3. The number of aliphatic hydroxyl groups is 1. The lowest BCUT2D eigenvalue weighted by molar-refractivity contribution is -0.910. The van der Waals surface area contributed by atoms with Gasteiger partial charge in [0.2, 0.25) is 17.8 Å². The highest BCUT2D eigenvalue weighted by molar-refractivity contribution is 5.96. The van der Waals surface area contributed by atoms with E-state index in [-0.39, 0.29) is 46.7 Å². The summed E-state index contributed by atoms with van der Waals surface area (Å²) in [6.07, 6.45) is 2.54. The molecule has 1 amide bonds. The van der Waals surface area contributed by atoms with Gasteiger partial charge in [-0.25, -0.2) is 18.0 Å². The number of benzene rings is 1. The summed E-state index contributed by atoms with van der Waals surface area (Å²) in [5, 5.41) is 33.0. The average Bonchev–Trinajstić information content (AvgIpc) is 3.05. The first-order chi connectivity index (χ1) is 18.9. The van der Waals surface area contributed by atoms with Crippen molar-refractivity contribution in [1.29, 1.82) is 0 Å². The lowest BCUT2D eigenvalue weighted by Gasteiger charge is -2.41. The molecule has 2 aliphatic carbocycles. The number of nitrogens with zero attached hydrogens (tertiary/aromatic N) is 1. The largest absolute Gasteiger partial charge is 0.478 e. The average molecular weight is 558 g/mol. The van der Waals surface area contributed by atoms with Crippen LogP contribution in [0.15, 0.2) is 71.7 Å². The van der Waals surface area contributed by atoms with E-state index in [2.05, 4.69) is 5.32 Å². The number of hydrogen-bond acceptors (Lipinski definition) is 4. The molecule has 0 aliphatic heterocycles. The lowest BCUT2D eigenvalue weighted by Crippen LogP contribution is -2.44. The van der Waals surface area contributed by atoms with E-state index in [0.29, 0.717) is 29.7 Å². The Balaban J connectivity index is 1.69. The number of anilines is 1. The van der Waals surface area contributed by atoms with Crippen LogP contribution >= 0.6 is 0 Å². The van der Waals surface area contributed by atoms with E-state index >= 15 is 4.39 Å². The summed E-state index contributed by atoms with van der Waals surface area (Å²) in [5.41, 5.74) is -0.662. The quantitative estimate of drug-likeness (QED) is 0.230. The van der Waals surface area contributed by atoms with Crippen molar-refractivity contribution < 1.29 is 42.9 Å². The van der Waals surface area contributed by atoms with E-state index < -0.39 is 41.2 Å². The topological polar surface area (TPSA) is 111 Å². The minimum absolute atomic E-state index is 0.0200. The minimum atomic E-state index is -2.91. The Hall–Kier alpha value is -3.92. The molecular formula is C30H32F3N2O5+. The molecule has 4 rings (SSSR count). The number of hydrogen-bond donors (Lipinski definition) is 4. The van der Waals surface area contributed by atoms with Gasteiger partial charge in [-0.15, -0.1) is 0 Å². The van der Waals surface area contributed by atoms with Gasteiger partial charge in [0.05, 0.1) is 16.7 Å². The number of aromatic nitrogens is 1. The molecule has 7 nitrogen and oxygen atoms in total. The Bertz CT molecular complexity index is 1390. The Morgan fingerprint density at radius 2 is 1.82 bits per heavy atom. The van der Waals surface area contributed by atoms with Gasteiger partial charge in [-0.05, 0) is 80.9 Å². The SMILES string of the molecule is CCC1=C(F)C(c2ccc(C(CC3CC(C)(O)C3)C(=O)Nc3ccc(C(=O)O)cc3)[n+](O)c2)=C(C(F)F)CC=C1. The molecule has 0 saturated heterocycles. The molecule has 4 N–H and O–H groups in total. The third kappa shape index (κ3) is 6.28. The summed E-state index contributed by atoms with van der Waals surface area (Å²) < 4.78 is 43.9. The van der Waals surface area contributed by atoms with Crippen LogP contribution in [-0.4, -0.2) is 39.3 Å². The van der Waals surface area contributed by atoms with E-state index in [1.165, 1.54) is 48.6 Å². The Labute approximate surface area is 229 Å². The predicted molar refractivity (Wildman–Crippen MR) is 142 cm³/mol. The molecule has 2 aromatic rings. The summed E-state index contributed by atoms with van der Waals surface area (Å²) >= 11 is 0. The van der Waals surface area contributed by atoms with Crippen molar-refractivity contribution in [2.45, 2.75) is 63.9 Å². The zero-order chi connectivity index (χ0) is 29.2. The van der Waals surface area contributed by atoms with Crippen LogP contribution in [0.1, 0.15) is 73.5 Å². The van der Waals surface area contributed by atoms with Gasteiger partial charge in [-0.1, -0.05) is 19.1 Å². The maximum Gasteiger partial charge on any atom is 0.335 e. The number of alkyl halides is 2. The zero-order valence-corrected chi connectivity index (χ0v) is 22.2. The number of halogens is 3. The Kier molecular flexibility index (Phi) is 8.48. The monoisotopic (exact) mass is 557 g/mol. The maximum absolute atomic E-state index is 15.4. The van der Waals surface area contributed by atoms with Crippen molar-refractivity contribution in [1.82, 2.24) is 0 Å². The highest BCUT2D eigenvalue weighted by Gasteiger charge is 2.43. The zero-order valence-electron chi connectivity index (χ0n) is 22.2. The van der Waals surface area contributed by atoms with Gasteiger partial charge in [0.1, 0.15) is 11.7 Å². The second-order valence-electron chi connectivity index (χ2n) is 10.6. The fourth-order valence-electron chi connectivity index (χ4n) is 5.48. The minimum Gasteiger partial charge on any atom is -0.478 e. The summed E-state index contributed by atoms with van der Waals surface area (Å²) in [7, 11) is 0. The molecule has 1 saturated carbocycles. The number of carboxylic acid groups (broad SMARTS) is 1. The molecule has 1 aromatic heterocycles. The summed E-state index contributed by atoms with van der Waals surface area (Å²) in [5.74, 6) is -3.31. The van der Waals surface area contributed by atoms with E-state index in [4.69, 9.17) is 5.11 Å². The number of amides is 1. The van der Waals surface area contributed by atoms with Gasteiger partial charge < -0.3 is 15.5 Å². The lowest BCUT2D eigenvalue weighted by atomic mass is 9.68. The van der Waals surface area contributed by atoms with Crippen molar-refractivity contribution in [3.63, 3.8) is 0 Å². The molecule has 1 aromatic carbocycles. The highest BCUT2D eigenvalue weighted by Crippen LogP contribution is 2.43. The third-order valence-corrected chi connectivity index (χ3v) is 7.47.